The minimum Gasteiger partial charge on any atom is -1.00 e. The van der Waals surface area contributed by atoms with Crippen molar-refractivity contribution in [2.75, 3.05) is 6.54 Å². The van der Waals surface area contributed by atoms with Crippen LogP contribution in [0, 0.1) is 0 Å². The number of hydrogen-bond donors (Lipinski definition) is 2. The zero-order chi connectivity index (χ0) is 14.8. The van der Waals surface area contributed by atoms with E-state index in [0.717, 1.165) is 12.4 Å². The molecule has 5 heteroatoms. The molecule has 4 nitrogen and oxygen atoms in total. The van der Waals surface area contributed by atoms with Crippen molar-refractivity contribution in [1.82, 2.24) is 5.01 Å². The third-order valence-corrected chi connectivity index (χ3v) is 4.37. The van der Waals surface area contributed by atoms with Crippen LogP contribution >= 0.6 is 0 Å². The average Bonchev–Trinajstić information content (AvgIpc) is 2.68. The number of nitrogens with zero attached hydrogens (tertiary/aromatic N) is 2. The number of rotatable bonds is 11. The van der Waals surface area contributed by atoms with Crippen LogP contribution in [0.5, 0.6) is 0 Å². The fraction of sp³-hybridized carbons (Fsp3) is 0.938. The highest BCUT2D eigenvalue weighted by Gasteiger charge is 2.30. The van der Waals surface area contributed by atoms with Crippen molar-refractivity contribution in [3.05, 3.63) is 0 Å². The molecule has 0 bridgehead atoms. The Hall–Kier alpha value is 0.120. The zero-order valence-corrected chi connectivity index (χ0v) is 16.4. The van der Waals surface area contributed by atoms with Crippen LogP contribution in [0.1, 0.15) is 85.0 Å². The molecule has 2 atom stereocenters. The highest BCUT2D eigenvalue weighted by Crippen LogP contribution is 2.10. The lowest BCUT2D eigenvalue weighted by atomic mass is 10.1. The Labute approximate surface area is 148 Å². The van der Waals surface area contributed by atoms with Crippen molar-refractivity contribution < 1.29 is 29.0 Å². The first kappa shape index (κ1) is 21.1. The first-order valence-corrected chi connectivity index (χ1v) is 8.61. The average molecular weight is 410 g/mol. The van der Waals surface area contributed by atoms with Gasteiger partial charge >= 0.3 is 0 Å². The minimum atomic E-state index is 0. The second kappa shape index (κ2) is 12.6. The molecule has 0 radical (unpaired) electrons. The van der Waals surface area contributed by atoms with Crippen LogP contribution in [0.2, 0.25) is 0 Å². The summed E-state index contributed by atoms with van der Waals surface area (Å²) in [6.07, 6.45) is 14.2. The van der Waals surface area contributed by atoms with Crippen molar-refractivity contribution in [2.45, 2.75) is 91.1 Å². The van der Waals surface area contributed by atoms with Gasteiger partial charge in [-0.1, -0.05) is 63.4 Å². The lowest BCUT2D eigenvalue weighted by Gasteiger charge is -2.18. The van der Waals surface area contributed by atoms with E-state index >= 15 is 0 Å². The Morgan fingerprint density at radius 1 is 1.00 bits per heavy atom. The van der Waals surface area contributed by atoms with Crippen molar-refractivity contribution in [3.8, 4) is 0 Å². The molecule has 0 spiro atoms. The van der Waals surface area contributed by atoms with E-state index in [1.54, 1.807) is 5.01 Å². The van der Waals surface area contributed by atoms with E-state index < -0.39 is 0 Å². The van der Waals surface area contributed by atoms with Gasteiger partial charge < -0.3 is 24.0 Å². The maximum atomic E-state index is 5.91. The maximum absolute atomic E-state index is 5.91. The highest BCUT2D eigenvalue weighted by atomic mass is 127. The summed E-state index contributed by atoms with van der Waals surface area (Å²) in [7, 11) is 0. The Kier molecular flexibility index (Phi) is 12.7. The largest absolute Gasteiger partial charge is 1.00 e. The number of nitrogens with two attached hydrogens (primary N) is 1. The molecule has 21 heavy (non-hydrogen) atoms. The molecule has 0 amide bonds. The molecule has 1 aliphatic rings. The van der Waals surface area contributed by atoms with E-state index in [9.17, 15) is 0 Å². The van der Waals surface area contributed by atoms with Gasteiger partial charge in [0.1, 0.15) is 6.54 Å². The van der Waals surface area contributed by atoms with E-state index in [0.29, 0.717) is 6.17 Å². The van der Waals surface area contributed by atoms with E-state index in [-0.39, 0.29) is 24.0 Å². The number of halogens is 1. The van der Waals surface area contributed by atoms with Crippen LogP contribution in [0.25, 0.3) is 0 Å². The number of nitrogens with one attached hydrogen (secondary N) is 1. The molecule has 0 aliphatic carbocycles. The smallest absolute Gasteiger partial charge is 0.199 e. The van der Waals surface area contributed by atoms with Crippen LogP contribution in [0.4, 0.5) is 0 Å². The third-order valence-electron chi connectivity index (χ3n) is 4.37. The summed E-state index contributed by atoms with van der Waals surface area (Å²) in [5.74, 6) is 6.87. The molecular weight excluding hydrogens is 375 g/mol. The van der Waals surface area contributed by atoms with E-state index in [1.807, 2.05) is 6.92 Å². The van der Waals surface area contributed by atoms with Gasteiger partial charge in [0.25, 0.3) is 0 Å². The molecule has 0 saturated heterocycles. The number of unbranched alkanes of at least 4 members (excludes halogenated alkanes) is 9. The second-order valence-corrected chi connectivity index (χ2v) is 6.17. The van der Waals surface area contributed by atoms with Gasteiger partial charge in [-0.3, -0.25) is 0 Å². The maximum Gasteiger partial charge on any atom is 0.199 e. The van der Waals surface area contributed by atoms with Crippen LogP contribution in [-0.2, 0) is 0 Å². The van der Waals surface area contributed by atoms with E-state index in [1.165, 1.54) is 69.2 Å². The Balaban J connectivity index is 0.00000400. The van der Waals surface area contributed by atoms with Gasteiger partial charge in [0, 0.05) is 13.8 Å². The summed E-state index contributed by atoms with van der Waals surface area (Å²) in [6, 6.07) is 0. The van der Waals surface area contributed by atoms with Crippen molar-refractivity contribution in [1.29, 1.82) is 0 Å². The molecule has 1 rings (SSSR count). The van der Waals surface area contributed by atoms with Gasteiger partial charge in [0.2, 0.25) is 0 Å². The molecule has 1 heterocycles. The molecule has 0 saturated carbocycles. The number of hydrogen-bond acceptors (Lipinski definition) is 3. The first-order chi connectivity index (χ1) is 9.66. The topological polar surface area (TPSA) is 46.1 Å². The fourth-order valence-electron chi connectivity index (χ4n) is 2.86. The van der Waals surface area contributed by atoms with E-state index in [4.69, 9.17) is 5.84 Å². The summed E-state index contributed by atoms with van der Waals surface area (Å²) in [6.45, 7) is 7.52. The normalized spacial score (nSPS) is 21.3. The third kappa shape index (κ3) is 8.35. The first-order valence-electron chi connectivity index (χ1n) is 8.61. The van der Waals surface area contributed by atoms with Gasteiger partial charge in [-0.2, -0.15) is 5.01 Å². The molecule has 3 N–H and O–H groups in total. The number of hydrazine groups is 1. The van der Waals surface area contributed by atoms with E-state index in [2.05, 4.69) is 18.9 Å². The molecule has 0 fully saturated rings. The minimum absolute atomic E-state index is 0. The van der Waals surface area contributed by atoms with Crippen molar-refractivity contribution in [2.24, 2.45) is 10.9 Å². The van der Waals surface area contributed by atoms with Gasteiger partial charge in [-0.15, -0.1) is 0 Å². The standard InChI is InChI=1S/C16H34N4.HI/c1-4-5-6-7-8-9-10-11-12-13-14-19-16(3)20(17)15(2)18-19;/h16H,4-14,17H2,1-3H3;1H. The monoisotopic (exact) mass is 410 g/mol. The summed E-state index contributed by atoms with van der Waals surface area (Å²) in [5, 5.41) is 7.61. The Bertz CT molecular complexity index is 283. The van der Waals surface area contributed by atoms with Crippen LogP contribution in [-0.4, -0.2) is 23.6 Å². The molecule has 1 aliphatic heterocycles. The lowest BCUT2D eigenvalue weighted by Crippen LogP contribution is -3.11. The zero-order valence-electron chi connectivity index (χ0n) is 14.2. The predicted molar refractivity (Wildman–Crippen MR) is 86.3 cm³/mol. The van der Waals surface area contributed by atoms with Crippen LogP contribution in [0.15, 0.2) is 5.10 Å². The predicted octanol–water partition coefficient (Wildman–Crippen LogP) is -0.335. The second-order valence-electron chi connectivity index (χ2n) is 6.17. The van der Waals surface area contributed by atoms with Crippen molar-refractivity contribution in [3.63, 3.8) is 0 Å². The van der Waals surface area contributed by atoms with Crippen LogP contribution < -0.4 is 34.8 Å². The molecular formula is C16H35IN4. The molecule has 126 valence electrons. The van der Waals surface area contributed by atoms with Crippen molar-refractivity contribution >= 4 is 5.84 Å². The Morgan fingerprint density at radius 2 is 1.48 bits per heavy atom. The van der Waals surface area contributed by atoms with Gasteiger partial charge in [0.15, 0.2) is 12.0 Å². The number of quaternary nitrogens is 1. The summed E-state index contributed by atoms with van der Waals surface area (Å²) < 4.78 is 0. The highest BCUT2D eigenvalue weighted by molar-refractivity contribution is 5.79. The van der Waals surface area contributed by atoms with Gasteiger partial charge in [0.05, 0.1) is 0 Å². The SMILES string of the molecule is CCCCCCCCCCCC[NH+]1N=C(C)N(N)C1C.[I-]. The molecule has 2 unspecified atom stereocenters. The Morgan fingerprint density at radius 3 is 1.90 bits per heavy atom. The molecule has 0 aromatic rings. The summed E-state index contributed by atoms with van der Waals surface area (Å²) in [4.78, 5) is 0. The van der Waals surface area contributed by atoms with Crippen LogP contribution in [0.3, 0.4) is 0 Å². The van der Waals surface area contributed by atoms with Gasteiger partial charge in [-0.05, 0) is 12.8 Å². The summed E-state index contributed by atoms with van der Waals surface area (Å²) >= 11 is 0. The summed E-state index contributed by atoms with van der Waals surface area (Å²) in [5.41, 5.74) is 0. The molecule has 0 aromatic heterocycles. The quantitative estimate of drug-likeness (QED) is 0.278. The lowest BCUT2D eigenvalue weighted by molar-refractivity contribution is -0.932. The fourth-order valence-corrected chi connectivity index (χ4v) is 2.86. The van der Waals surface area contributed by atoms with Gasteiger partial charge in [-0.25, -0.2) is 10.9 Å². The number of amidine groups is 1. The molecule has 0 aromatic carbocycles.